The van der Waals surface area contributed by atoms with Crippen molar-refractivity contribution in [1.29, 1.82) is 0 Å². The van der Waals surface area contributed by atoms with Crippen LogP contribution >= 0.6 is 7.60 Å². The van der Waals surface area contributed by atoms with Crippen LogP contribution < -0.4 is 0 Å². The van der Waals surface area contributed by atoms with Crippen molar-refractivity contribution in [1.82, 2.24) is 0 Å². The molecule has 0 aliphatic rings. The van der Waals surface area contributed by atoms with E-state index in [4.69, 9.17) is 0 Å². The summed E-state index contributed by atoms with van der Waals surface area (Å²) in [5.74, 6) is 0. The quantitative estimate of drug-likeness (QED) is 0.797. The van der Waals surface area contributed by atoms with Gasteiger partial charge >= 0.3 is 7.60 Å². The summed E-state index contributed by atoms with van der Waals surface area (Å²) < 4.78 is 12.0. The van der Waals surface area contributed by atoms with Gasteiger partial charge in [0, 0.05) is 0 Å². The summed E-state index contributed by atoms with van der Waals surface area (Å²) in [5, 5.41) is -1.08. The molecule has 3 nitrogen and oxygen atoms in total. The second kappa shape index (κ2) is 6.15. The normalized spacial score (nSPS) is 12.4. The molecule has 0 radical (unpaired) electrons. The van der Waals surface area contributed by atoms with Crippen molar-refractivity contribution in [2.45, 2.75) is 31.8 Å². The number of hydrogen-bond donors (Lipinski definition) is 2. The Balaban J connectivity index is 2.44. The highest BCUT2D eigenvalue weighted by atomic mass is 31.2. The van der Waals surface area contributed by atoms with Crippen molar-refractivity contribution < 1.29 is 14.4 Å². The Morgan fingerprint density at radius 3 is 1.76 bits per heavy atom. The number of hydrogen-bond acceptors (Lipinski definition) is 1. The monoisotopic (exact) mass is 304 g/mol. The Labute approximate surface area is 125 Å². The number of rotatable bonds is 5. The molecule has 0 amide bonds. The van der Waals surface area contributed by atoms with Crippen LogP contribution in [-0.4, -0.2) is 9.79 Å². The van der Waals surface area contributed by atoms with Gasteiger partial charge in [-0.15, -0.1) is 0 Å². The molecule has 0 saturated carbocycles. The highest BCUT2D eigenvalue weighted by Crippen LogP contribution is 2.60. The summed E-state index contributed by atoms with van der Waals surface area (Å²) in [6.45, 7) is 3.65. The lowest BCUT2D eigenvalue weighted by atomic mass is 9.91. The fourth-order valence-electron chi connectivity index (χ4n) is 2.84. The van der Waals surface area contributed by atoms with Crippen molar-refractivity contribution in [3.63, 3.8) is 0 Å². The van der Waals surface area contributed by atoms with Gasteiger partial charge in [0.1, 0.15) is 0 Å². The minimum Gasteiger partial charge on any atom is -0.324 e. The maximum Gasteiger partial charge on any atom is 0.335 e. The lowest BCUT2D eigenvalue weighted by Crippen LogP contribution is -2.24. The first-order chi connectivity index (χ1) is 9.94. The van der Waals surface area contributed by atoms with Crippen LogP contribution in [0.3, 0.4) is 0 Å². The van der Waals surface area contributed by atoms with Crippen molar-refractivity contribution in [3.8, 4) is 11.1 Å². The van der Waals surface area contributed by atoms with Gasteiger partial charge in [0.2, 0.25) is 0 Å². The Morgan fingerprint density at radius 1 is 0.857 bits per heavy atom. The molecule has 0 aliphatic carbocycles. The first kappa shape index (κ1) is 16.0. The summed E-state index contributed by atoms with van der Waals surface area (Å²) in [6.07, 6.45) is 0.830. The van der Waals surface area contributed by atoms with Crippen LogP contribution in [0.15, 0.2) is 54.6 Å². The first-order valence-corrected chi connectivity index (χ1v) is 8.77. The molecular formula is C17H21O3P. The van der Waals surface area contributed by atoms with E-state index in [9.17, 15) is 14.4 Å². The largest absolute Gasteiger partial charge is 0.335 e. The molecular weight excluding hydrogens is 283 g/mol. The zero-order valence-corrected chi connectivity index (χ0v) is 13.3. The van der Waals surface area contributed by atoms with Crippen LogP contribution in [0.2, 0.25) is 0 Å². The van der Waals surface area contributed by atoms with E-state index in [0.29, 0.717) is 18.4 Å². The fraction of sp³-hybridized carbons (Fsp3) is 0.294. The summed E-state index contributed by atoms with van der Waals surface area (Å²) in [6, 6.07) is 17.5. The van der Waals surface area contributed by atoms with Crippen LogP contribution in [0.25, 0.3) is 11.1 Å². The Morgan fingerprint density at radius 2 is 1.33 bits per heavy atom. The second-order valence-corrected chi connectivity index (χ2v) is 7.17. The molecule has 21 heavy (non-hydrogen) atoms. The molecule has 0 spiro atoms. The molecule has 0 atom stereocenters. The zero-order chi connectivity index (χ0) is 15.5. The molecule has 4 heteroatoms. The Bertz CT molecular complexity index is 625. The molecule has 2 rings (SSSR count). The van der Waals surface area contributed by atoms with E-state index in [0.717, 1.165) is 11.1 Å². The predicted molar refractivity (Wildman–Crippen MR) is 86.2 cm³/mol. The summed E-state index contributed by atoms with van der Waals surface area (Å²) in [4.78, 5) is 19.6. The maximum atomic E-state index is 12.0. The molecule has 112 valence electrons. The smallest absolute Gasteiger partial charge is 0.324 e. The van der Waals surface area contributed by atoms with Crippen LogP contribution in [0, 0.1) is 0 Å². The average Bonchev–Trinajstić information content (AvgIpc) is 2.49. The molecule has 0 unspecified atom stereocenters. The van der Waals surface area contributed by atoms with Crippen LogP contribution in [-0.2, 0) is 9.72 Å². The maximum absolute atomic E-state index is 12.0. The summed E-state index contributed by atoms with van der Waals surface area (Å²) in [7, 11) is -4.22. The lowest BCUT2D eigenvalue weighted by molar-refractivity contribution is 0.315. The third-order valence-corrected chi connectivity index (χ3v) is 6.26. The zero-order valence-electron chi connectivity index (χ0n) is 12.4. The summed E-state index contributed by atoms with van der Waals surface area (Å²) >= 11 is 0. The van der Waals surface area contributed by atoms with Gasteiger partial charge in [0.15, 0.2) is 0 Å². The van der Waals surface area contributed by atoms with Crippen molar-refractivity contribution in [2.24, 2.45) is 0 Å². The molecule has 0 fully saturated rings. The van der Waals surface area contributed by atoms with E-state index < -0.39 is 12.8 Å². The van der Waals surface area contributed by atoms with Crippen LogP contribution in [0.4, 0.5) is 0 Å². The van der Waals surface area contributed by atoms with Gasteiger partial charge in [-0.2, -0.15) is 0 Å². The minimum absolute atomic E-state index is 0.415. The van der Waals surface area contributed by atoms with Gasteiger partial charge in [0.05, 0.1) is 5.16 Å². The molecule has 0 bridgehead atoms. The van der Waals surface area contributed by atoms with Crippen LogP contribution in [0.1, 0.15) is 32.3 Å². The van der Waals surface area contributed by atoms with Crippen molar-refractivity contribution >= 4 is 7.60 Å². The average molecular weight is 304 g/mol. The number of benzene rings is 2. The second-order valence-electron chi connectivity index (χ2n) is 5.23. The molecule has 0 aliphatic heterocycles. The molecule has 2 aromatic rings. The molecule has 0 heterocycles. The van der Waals surface area contributed by atoms with Crippen molar-refractivity contribution in [2.75, 3.05) is 0 Å². The molecule has 0 saturated heterocycles. The van der Waals surface area contributed by atoms with E-state index in [1.54, 1.807) is 0 Å². The van der Waals surface area contributed by atoms with Gasteiger partial charge < -0.3 is 9.79 Å². The Kier molecular flexibility index (Phi) is 4.67. The minimum atomic E-state index is -4.22. The molecule has 0 aromatic heterocycles. The molecule has 2 N–H and O–H groups in total. The van der Waals surface area contributed by atoms with Gasteiger partial charge in [0.25, 0.3) is 0 Å². The van der Waals surface area contributed by atoms with Crippen LogP contribution in [0.5, 0.6) is 0 Å². The van der Waals surface area contributed by atoms with Gasteiger partial charge in [-0.05, 0) is 29.5 Å². The molecule has 2 aromatic carbocycles. The van der Waals surface area contributed by atoms with Gasteiger partial charge in [-0.3, -0.25) is 4.57 Å². The van der Waals surface area contributed by atoms with Gasteiger partial charge in [-0.25, -0.2) is 0 Å². The lowest BCUT2D eigenvalue weighted by Gasteiger charge is -2.33. The van der Waals surface area contributed by atoms with Crippen molar-refractivity contribution in [3.05, 3.63) is 60.2 Å². The van der Waals surface area contributed by atoms with Gasteiger partial charge in [-0.1, -0.05) is 68.4 Å². The van der Waals surface area contributed by atoms with E-state index in [2.05, 4.69) is 0 Å². The third-order valence-electron chi connectivity index (χ3n) is 4.26. The van der Waals surface area contributed by atoms with E-state index in [1.165, 1.54) is 0 Å². The Hall–Kier alpha value is -1.41. The first-order valence-electron chi connectivity index (χ1n) is 7.16. The van der Waals surface area contributed by atoms with E-state index in [1.807, 2.05) is 68.4 Å². The standard InChI is InChI=1S/C17H21O3P/c1-3-17(4-2,21(18,19)20)16-12-10-15(11-13-16)14-8-6-5-7-9-14/h5-13H,3-4H2,1-2H3,(H2,18,19,20). The SMILES string of the molecule is CCC(CC)(c1ccc(-c2ccccc2)cc1)P(=O)(O)O. The van der Waals surface area contributed by atoms with E-state index in [-0.39, 0.29) is 0 Å². The highest BCUT2D eigenvalue weighted by Gasteiger charge is 2.45. The third kappa shape index (κ3) is 2.96. The van der Waals surface area contributed by atoms with E-state index >= 15 is 0 Å². The fourth-order valence-corrected chi connectivity index (χ4v) is 4.15. The topological polar surface area (TPSA) is 57.5 Å². The predicted octanol–water partition coefficient (Wildman–Crippen LogP) is 4.55. The highest BCUT2D eigenvalue weighted by molar-refractivity contribution is 7.53. The summed E-state index contributed by atoms with van der Waals surface area (Å²) in [5.41, 5.74) is 2.85.